The van der Waals surface area contributed by atoms with E-state index in [9.17, 15) is 23.7 Å². The maximum Gasteiger partial charge on any atom is 0.274 e. The Hall–Kier alpha value is -5.98. The molecule has 6 heterocycles. The molecular weight excluding hydrogens is 987 g/mol. The zero-order chi connectivity index (χ0) is 49.6. The van der Waals surface area contributed by atoms with Crippen LogP contribution < -0.4 is 41.4 Å². The highest BCUT2D eigenvalue weighted by molar-refractivity contribution is 9.10. The topological polar surface area (TPSA) is 187 Å². The fourth-order valence-electron chi connectivity index (χ4n) is 10.4. The van der Waals surface area contributed by atoms with Crippen molar-refractivity contribution in [2.75, 3.05) is 92.7 Å². The lowest BCUT2D eigenvalue weighted by atomic mass is 9.89. The molecule has 70 heavy (non-hydrogen) atoms. The van der Waals surface area contributed by atoms with Crippen molar-refractivity contribution in [3.63, 3.8) is 0 Å². The summed E-state index contributed by atoms with van der Waals surface area (Å²) in [6.07, 6.45) is 5.77. The number of aromatic nitrogens is 4. The lowest BCUT2D eigenvalue weighted by Crippen LogP contribution is -2.55. The third kappa shape index (κ3) is 9.99. The summed E-state index contributed by atoms with van der Waals surface area (Å²) in [6, 6.07) is 10.4. The fraction of sp³-hybridized carbons (Fsp3) is 0.449. The van der Waals surface area contributed by atoms with E-state index in [0.29, 0.717) is 100 Å². The molecule has 2 atom stereocenters. The van der Waals surface area contributed by atoms with Crippen molar-refractivity contribution in [1.82, 2.24) is 34.9 Å². The van der Waals surface area contributed by atoms with E-state index < -0.39 is 36.5 Å². The molecule has 3 amide bonds. The molecule has 3 aromatic carbocycles. The van der Waals surface area contributed by atoms with Gasteiger partial charge in [0.1, 0.15) is 30.3 Å². The summed E-state index contributed by atoms with van der Waals surface area (Å²) in [4.78, 5) is 68.5. The van der Waals surface area contributed by atoms with Gasteiger partial charge in [-0.15, -0.1) is 0 Å². The summed E-state index contributed by atoms with van der Waals surface area (Å²) < 4.78 is 52.3. The van der Waals surface area contributed by atoms with Crippen molar-refractivity contribution in [2.45, 2.75) is 57.9 Å². The van der Waals surface area contributed by atoms with Crippen LogP contribution in [0, 0.1) is 24.5 Å². The van der Waals surface area contributed by atoms with E-state index in [-0.39, 0.29) is 35.8 Å². The van der Waals surface area contributed by atoms with Gasteiger partial charge < -0.3 is 34.6 Å². The highest BCUT2D eigenvalue weighted by Crippen LogP contribution is 2.42. The smallest absolute Gasteiger partial charge is 0.274 e. The number of halogens is 3. The number of rotatable bonds is 12. The van der Waals surface area contributed by atoms with Crippen molar-refractivity contribution >= 4 is 91.4 Å². The zero-order valence-corrected chi connectivity index (χ0v) is 42.3. The molecule has 4 saturated heterocycles. The molecule has 9 rings (SSSR count). The summed E-state index contributed by atoms with van der Waals surface area (Å²) in [5.41, 5.74) is 3.12. The van der Waals surface area contributed by atoms with Gasteiger partial charge in [-0.1, -0.05) is 0 Å². The van der Waals surface area contributed by atoms with E-state index in [2.05, 4.69) is 64.8 Å². The summed E-state index contributed by atoms with van der Waals surface area (Å²) in [5, 5.41) is 14.5. The fourth-order valence-corrected chi connectivity index (χ4v) is 12.2. The third-order valence-electron chi connectivity index (χ3n) is 14.0. The number of benzene rings is 3. The number of ether oxygens (including phenoxy) is 1. The number of amides is 3. The van der Waals surface area contributed by atoms with Gasteiger partial charge in [-0.2, -0.15) is 10.1 Å². The van der Waals surface area contributed by atoms with Gasteiger partial charge in [-0.25, -0.2) is 18.4 Å². The molecule has 4 aliphatic rings. The second-order valence-electron chi connectivity index (χ2n) is 18.9. The Morgan fingerprint density at radius 3 is 2.30 bits per heavy atom. The van der Waals surface area contributed by atoms with Crippen molar-refractivity contribution < 1.29 is 32.5 Å². The van der Waals surface area contributed by atoms with Gasteiger partial charge in [0, 0.05) is 112 Å². The Labute approximate surface area is 412 Å². The maximum absolute atomic E-state index is 15.3. The predicted molar refractivity (Wildman–Crippen MR) is 270 cm³/mol. The third-order valence-corrected chi connectivity index (χ3v) is 16.1. The second kappa shape index (κ2) is 20.0. The first-order valence-corrected chi connectivity index (χ1v) is 27.1. The van der Waals surface area contributed by atoms with Gasteiger partial charge in [0.15, 0.2) is 0 Å². The standard InChI is InChI=1S/C49H57BrF2N11O6P/c1-6-69-41-24-40(28(2)21-39(41)56-49-53-26-35(50)45(58-49)55-38-9-7-32-34(44(38)70(4,5)68)25-54-59(3)48(32)67)61-15-12-30(13-16-61)60-17-19-62(20-18-60)47(66)29-11-14-63(27-29)31-22-36(51)43(37(52)23-31)33-8-10-42(64)57-46(33)65/h7,9,21-26,29-30,33H,6,8,10-20,27H2,1-5H3,(H,57,64,65)(H2,53,55,56,58)/t29-,33-/m1/s1. The Balaban J connectivity index is 0.798. The Morgan fingerprint density at radius 1 is 0.900 bits per heavy atom. The molecule has 0 aliphatic carbocycles. The first kappa shape index (κ1) is 49.0. The second-order valence-corrected chi connectivity index (χ2v) is 22.9. The van der Waals surface area contributed by atoms with E-state index in [1.54, 1.807) is 44.9 Å². The number of hydrogen-bond donors (Lipinski definition) is 3. The average Bonchev–Trinajstić information content (AvgIpc) is 3.83. The quantitative estimate of drug-likeness (QED) is 0.0925. The number of imide groups is 1. The zero-order valence-electron chi connectivity index (χ0n) is 39.9. The van der Waals surface area contributed by atoms with Crippen LogP contribution in [0.2, 0.25) is 0 Å². The molecule has 0 spiro atoms. The van der Waals surface area contributed by atoms with Crippen LogP contribution in [-0.2, 0) is 26.0 Å². The van der Waals surface area contributed by atoms with Crippen LogP contribution in [0.4, 0.5) is 43.3 Å². The highest BCUT2D eigenvalue weighted by Gasteiger charge is 2.37. The molecule has 0 unspecified atom stereocenters. The number of carbonyl (C=O) groups excluding carboxylic acids is 3. The highest BCUT2D eigenvalue weighted by atomic mass is 79.9. The van der Waals surface area contributed by atoms with Crippen molar-refractivity contribution in [2.24, 2.45) is 13.0 Å². The van der Waals surface area contributed by atoms with Crippen LogP contribution in [0.1, 0.15) is 56.1 Å². The number of fused-ring (bicyclic) bond motifs is 1. The minimum Gasteiger partial charge on any atom is -0.492 e. The molecule has 17 nitrogen and oxygen atoms in total. The van der Waals surface area contributed by atoms with Crippen molar-refractivity contribution in [3.8, 4) is 5.75 Å². The van der Waals surface area contributed by atoms with E-state index in [1.165, 1.54) is 16.8 Å². The van der Waals surface area contributed by atoms with E-state index in [4.69, 9.17) is 9.72 Å². The molecule has 4 aliphatic heterocycles. The summed E-state index contributed by atoms with van der Waals surface area (Å²) in [7, 11) is -1.34. The van der Waals surface area contributed by atoms with Crippen molar-refractivity contribution in [3.05, 3.63) is 86.4 Å². The van der Waals surface area contributed by atoms with Crippen LogP contribution in [0.5, 0.6) is 5.75 Å². The molecule has 0 radical (unpaired) electrons. The Bertz CT molecular complexity index is 2970. The predicted octanol–water partition coefficient (Wildman–Crippen LogP) is 6.37. The van der Waals surface area contributed by atoms with Crippen LogP contribution in [0.3, 0.4) is 0 Å². The largest absolute Gasteiger partial charge is 0.492 e. The normalized spacial score (nSPS) is 19.5. The summed E-state index contributed by atoms with van der Waals surface area (Å²) >= 11 is 3.57. The number of anilines is 6. The van der Waals surface area contributed by atoms with Gasteiger partial charge in [0.2, 0.25) is 23.7 Å². The van der Waals surface area contributed by atoms with E-state index in [0.717, 1.165) is 50.3 Å². The van der Waals surface area contributed by atoms with Crippen LogP contribution in [0.15, 0.2) is 58.1 Å². The number of nitrogens with one attached hydrogen (secondary N) is 3. The molecule has 5 aromatic rings. The lowest BCUT2D eigenvalue weighted by Gasteiger charge is -2.44. The first-order chi connectivity index (χ1) is 33.5. The van der Waals surface area contributed by atoms with E-state index in [1.807, 2.05) is 22.8 Å². The maximum atomic E-state index is 15.3. The minimum absolute atomic E-state index is 0.0214. The molecule has 21 heteroatoms. The Morgan fingerprint density at radius 2 is 1.61 bits per heavy atom. The summed E-state index contributed by atoms with van der Waals surface area (Å²) in [6.45, 7) is 13.1. The number of aryl methyl sites for hydroxylation is 2. The first-order valence-electron chi connectivity index (χ1n) is 23.7. The van der Waals surface area contributed by atoms with Gasteiger partial charge in [-0.3, -0.25) is 29.4 Å². The molecule has 370 valence electrons. The average molecular weight is 1040 g/mol. The molecule has 4 fully saturated rings. The molecule has 0 bridgehead atoms. The SMILES string of the molecule is CCOc1cc(N2CCC(N3CCN(C(=O)[C@@H]4CCN(c5cc(F)c([C@H]6CCC(=O)NC6=O)c(F)c5)C4)CC3)CC2)c(C)cc1Nc1ncc(Br)c(Nc2ccc3c(=O)n(C)ncc3c2P(C)(C)=O)n1. The van der Waals surface area contributed by atoms with Gasteiger partial charge in [0.25, 0.3) is 5.56 Å². The van der Waals surface area contributed by atoms with Crippen LogP contribution >= 0.6 is 23.1 Å². The number of piperazine rings is 1. The van der Waals surface area contributed by atoms with Crippen LogP contribution in [-0.4, -0.2) is 126 Å². The molecule has 2 aromatic heterocycles. The molecule has 3 N–H and O–H groups in total. The Kier molecular flexibility index (Phi) is 14.0. The summed E-state index contributed by atoms with van der Waals surface area (Å²) in [5.74, 6) is -2.69. The lowest BCUT2D eigenvalue weighted by molar-refractivity contribution is -0.137. The molecular formula is C49H57BrF2N11O6P. The van der Waals surface area contributed by atoms with Gasteiger partial charge in [0.05, 0.1) is 45.9 Å². The van der Waals surface area contributed by atoms with Crippen molar-refractivity contribution in [1.29, 1.82) is 0 Å². The van der Waals surface area contributed by atoms with E-state index >= 15 is 8.78 Å². The number of piperidine rings is 2. The minimum atomic E-state index is -2.92. The van der Waals surface area contributed by atoms with Crippen LogP contribution in [0.25, 0.3) is 10.8 Å². The molecule has 0 saturated carbocycles. The van der Waals surface area contributed by atoms with Gasteiger partial charge in [-0.05, 0) is 105 Å². The number of nitrogens with zero attached hydrogens (tertiary/aromatic N) is 8. The number of hydrogen-bond acceptors (Lipinski definition) is 14. The monoisotopic (exact) mass is 1040 g/mol. The number of carbonyl (C=O) groups is 3. The van der Waals surface area contributed by atoms with Gasteiger partial charge >= 0.3 is 0 Å².